The molecule has 0 radical (unpaired) electrons. The summed E-state index contributed by atoms with van der Waals surface area (Å²) in [4.78, 5) is 21.9. The highest BCUT2D eigenvalue weighted by Crippen LogP contribution is 2.21. The summed E-state index contributed by atoms with van der Waals surface area (Å²) >= 11 is 0. The number of carbonyl (C=O) groups is 1. The van der Waals surface area contributed by atoms with Crippen LogP contribution in [-0.2, 0) is 0 Å². The van der Waals surface area contributed by atoms with E-state index in [2.05, 4.69) is 15.0 Å². The highest BCUT2D eigenvalue weighted by atomic mass is 16.4. The second-order valence-electron chi connectivity index (χ2n) is 3.87. The van der Waals surface area contributed by atoms with E-state index in [0.29, 0.717) is 5.69 Å². The van der Waals surface area contributed by atoms with Gasteiger partial charge in [-0.15, -0.1) is 0 Å². The summed E-state index contributed by atoms with van der Waals surface area (Å²) in [6.45, 7) is 0. The minimum atomic E-state index is -1.08. The van der Waals surface area contributed by atoms with Crippen LogP contribution in [0, 0.1) is 0 Å². The van der Waals surface area contributed by atoms with Gasteiger partial charge in [-0.3, -0.25) is 4.98 Å². The summed E-state index contributed by atoms with van der Waals surface area (Å²) in [6.07, 6.45) is 4.65. The molecule has 0 unspecified atom stereocenters. The molecule has 3 rings (SSSR count). The monoisotopic (exact) mass is 239 g/mol. The Kier molecular flexibility index (Phi) is 2.30. The van der Waals surface area contributed by atoms with E-state index in [0.717, 1.165) is 16.5 Å². The number of carboxylic acid groups (broad SMARTS) is 1. The van der Waals surface area contributed by atoms with E-state index >= 15 is 0 Å². The van der Waals surface area contributed by atoms with Crippen LogP contribution < -0.4 is 0 Å². The summed E-state index contributed by atoms with van der Waals surface area (Å²) in [6, 6.07) is 7.71. The van der Waals surface area contributed by atoms with Crippen LogP contribution in [-0.4, -0.2) is 26.0 Å². The molecule has 2 aromatic heterocycles. The largest absolute Gasteiger partial charge is 0.476 e. The second-order valence-corrected chi connectivity index (χ2v) is 3.87. The van der Waals surface area contributed by atoms with Crippen molar-refractivity contribution in [2.24, 2.45) is 0 Å². The number of nitrogens with zero attached hydrogens (tertiary/aromatic N) is 2. The molecule has 5 nitrogen and oxygen atoms in total. The van der Waals surface area contributed by atoms with E-state index < -0.39 is 5.97 Å². The molecule has 0 spiro atoms. The molecule has 0 aliphatic rings. The number of fused-ring (bicyclic) bond motifs is 1. The van der Waals surface area contributed by atoms with E-state index in [-0.39, 0.29) is 5.69 Å². The molecule has 0 atom stereocenters. The van der Waals surface area contributed by atoms with Gasteiger partial charge in [0.1, 0.15) is 0 Å². The summed E-state index contributed by atoms with van der Waals surface area (Å²) in [5.74, 6) is -1.08. The predicted molar refractivity (Wildman–Crippen MR) is 66.3 cm³/mol. The lowest BCUT2D eigenvalue weighted by molar-refractivity contribution is 0.0690. The third kappa shape index (κ3) is 1.71. The third-order valence-electron chi connectivity index (χ3n) is 2.70. The molecule has 0 bridgehead atoms. The first kappa shape index (κ1) is 10.5. The second kappa shape index (κ2) is 3.96. The lowest BCUT2D eigenvalue weighted by Gasteiger charge is -2.01. The fourth-order valence-corrected chi connectivity index (χ4v) is 1.82. The van der Waals surface area contributed by atoms with Gasteiger partial charge in [-0.25, -0.2) is 9.78 Å². The van der Waals surface area contributed by atoms with Gasteiger partial charge in [0.05, 0.1) is 18.1 Å². The number of carboxylic acids is 1. The number of hydrogen-bond acceptors (Lipinski definition) is 3. The van der Waals surface area contributed by atoms with Gasteiger partial charge in [0, 0.05) is 22.7 Å². The van der Waals surface area contributed by atoms with Crippen LogP contribution in [0.5, 0.6) is 0 Å². The molecular formula is C13H9N3O2. The highest BCUT2D eigenvalue weighted by molar-refractivity contribution is 5.87. The molecule has 0 aliphatic heterocycles. The first-order chi connectivity index (χ1) is 8.74. The zero-order chi connectivity index (χ0) is 12.5. The predicted octanol–water partition coefficient (Wildman–Crippen LogP) is 2.32. The smallest absolute Gasteiger partial charge is 0.356 e. The van der Waals surface area contributed by atoms with Crippen LogP contribution in [0.1, 0.15) is 10.5 Å². The molecule has 3 aromatic rings. The zero-order valence-electron chi connectivity index (χ0n) is 9.29. The van der Waals surface area contributed by atoms with Crippen molar-refractivity contribution in [3.05, 3.63) is 48.5 Å². The van der Waals surface area contributed by atoms with Crippen LogP contribution >= 0.6 is 0 Å². The van der Waals surface area contributed by atoms with Gasteiger partial charge in [0.15, 0.2) is 5.69 Å². The Morgan fingerprint density at radius 3 is 2.94 bits per heavy atom. The van der Waals surface area contributed by atoms with Crippen molar-refractivity contribution < 1.29 is 9.90 Å². The number of aromatic amines is 1. The molecule has 1 aromatic carbocycles. The standard InChI is InChI=1S/C13H9N3O2/c17-13(18)12-7-14-6-11(16-12)8-1-2-10-9(5-8)3-4-15-10/h1-7,15H,(H,17,18). The van der Waals surface area contributed by atoms with Gasteiger partial charge in [-0.1, -0.05) is 6.07 Å². The quantitative estimate of drug-likeness (QED) is 0.719. The van der Waals surface area contributed by atoms with Crippen LogP contribution in [0.3, 0.4) is 0 Å². The zero-order valence-corrected chi connectivity index (χ0v) is 9.29. The van der Waals surface area contributed by atoms with Crippen molar-refractivity contribution in [3.63, 3.8) is 0 Å². The van der Waals surface area contributed by atoms with Crippen molar-refractivity contribution in [2.75, 3.05) is 0 Å². The molecule has 5 heteroatoms. The topological polar surface area (TPSA) is 78.9 Å². The summed E-state index contributed by atoms with van der Waals surface area (Å²) < 4.78 is 0. The highest BCUT2D eigenvalue weighted by Gasteiger charge is 2.08. The van der Waals surface area contributed by atoms with Crippen LogP contribution in [0.25, 0.3) is 22.2 Å². The van der Waals surface area contributed by atoms with Gasteiger partial charge >= 0.3 is 5.97 Å². The first-order valence-electron chi connectivity index (χ1n) is 5.37. The summed E-state index contributed by atoms with van der Waals surface area (Å²) in [5, 5.41) is 9.94. The lowest BCUT2D eigenvalue weighted by atomic mass is 10.1. The molecule has 0 aliphatic carbocycles. The number of H-pyrrole nitrogens is 1. The number of nitrogens with one attached hydrogen (secondary N) is 1. The average Bonchev–Trinajstić information content (AvgIpc) is 2.86. The summed E-state index contributed by atoms with van der Waals surface area (Å²) in [5.41, 5.74) is 2.37. The Balaban J connectivity index is 2.13. The normalized spacial score (nSPS) is 10.7. The number of rotatable bonds is 2. The maximum Gasteiger partial charge on any atom is 0.356 e. The number of aromatic carboxylic acids is 1. The SMILES string of the molecule is O=C(O)c1cncc(-c2ccc3[nH]ccc3c2)n1. The van der Waals surface area contributed by atoms with Gasteiger partial charge < -0.3 is 10.1 Å². The van der Waals surface area contributed by atoms with Crippen molar-refractivity contribution in [2.45, 2.75) is 0 Å². The summed E-state index contributed by atoms with van der Waals surface area (Å²) in [7, 11) is 0. The Hall–Kier alpha value is -2.69. The molecule has 0 amide bonds. The maximum atomic E-state index is 10.8. The fourth-order valence-electron chi connectivity index (χ4n) is 1.82. The number of hydrogen-bond donors (Lipinski definition) is 2. The Morgan fingerprint density at radius 2 is 2.11 bits per heavy atom. The molecule has 0 fully saturated rings. The molecule has 2 heterocycles. The van der Waals surface area contributed by atoms with E-state index in [9.17, 15) is 4.79 Å². The average molecular weight is 239 g/mol. The van der Waals surface area contributed by atoms with E-state index in [1.54, 1.807) is 6.20 Å². The molecule has 2 N–H and O–H groups in total. The van der Waals surface area contributed by atoms with Crippen LogP contribution in [0.15, 0.2) is 42.9 Å². The lowest BCUT2D eigenvalue weighted by Crippen LogP contribution is -2.01. The minimum Gasteiger partial charge on any atom is -0.476 e. The molecule has 18 heavy (non-hydrogen) atoms. The number of aromatic nitrogens is 3. The van der Waals surface area contributed by atoms with Crippen molar-refractivity contribution in [1.29, 1.82) is 0 Å². The van der Waals surface area contributed by atoms with E-state index in [1.165, 1.54) is 6.20 Å². The number of benzene rings is 1. The van der Waals surface area contributed by atoms with Crippen LogP contribution in [0.2, 0.25) is 0 Å². The Morgan fingerprint density at radius 1 is 1.22 bits per heavy atom. The third-order valence-corrected chi connectivity index (χ3v) is 2.70. The fraction of sp³-hybridized carbons (Fsp3) is 0. The first-order valence-corrected chi connectivity index (χ1v) is 5.37. The van der Waals surface area contributed by atoms with Crippen LogP contribution in [0.4, 0.5) is 0 Å². The maximum absolute atomic E-state index is 10.8. The Labute approximate surface area is 102 Å². The van der Waals surface area contributed by atoms with Crippen molar-refractivity contribution >= 4 is 16.9 Å². The molecule has 0 saturated heterocycles. The van der Waals surface area contributed by atoms with Gasteiger partial charge in [-0.2, -0.15) is 0 Å². The molecule has 88 valence electrons. The van der Waals surface area contributed by atoms with Gasteiger partial charge in [0.2, 0.25) is 0 Å². The Bertz CT molecular complexity index is 734. The molecular weight excluding hydrogens is 230 g/mol. The van der Waals surface area contributed by atoms with Gasteiger partial charge in [0.25, 0.3) is 0 Å². The van der Waals surface area contributed by atoms with Crippen molar-refractivity contribution in [1.82, 2.24) is 15.0 Å². The van der Waals surface area contributed by atoms with E-state index in [1.807, 2.05) is 30.5 Å². The van der Waals surface area contributed by atoms with E-state index in [4.69, 9.17) is 5.11 Å². The van der Waals surface area contributed by atoms with Gasteiger partial charge in [-0.05, 0) is 18.2 Å². The molecule has 0 saturated carbocycles. The minimum absolute atomic E-state index is 0.0540. The van der Waals surface area contributed by atoms with Crippen molar-refractivity contribution in [3.8, 4) is 11.3 Å².